The molecular weight excluding hydrogens is 348 g/mol. The number of carbonyl (C=O) groups is 1. The van der Waals surface area contributed by atoms with E-state index in [2.05, 4.69) is 22.1 Å². The summed E-state index contributed by atoms with van der Waals surface area (Å²) in [4.78, 5) is 15.9. The Labute approximate surface area is 157 Å². The van der Waals surface area contributed by atoms with Crippen LogP contribution in [-0.4, -0.2) is 17.6 Å². The molecule has 0 aliphatic heterocycles. The van der Waals surface area contributed by atoms with Gasteiger partial charge in [-0.05, 0) is 23.8 Å². The van der Waals surface area contributed by atoms with Gasteiger partial charge in [0.15, 0.2) is 0 Å². The second-order valence-corrected chi connectivity index (χ2v) is 6.00. The summed E-state index contributed by atoms with van der Waals surface area (Å²) in [5.41, 5.74) is 2.65. The number of hydrogen-bond donors (Lipinski definition) is 1. The quantitative estimate of drug-likeness (QED) is 0.545. The molecule has 1 amide bonds. The van der Waals surface area contributed by atoms with Gasteiger partial charge in [-0.2, -0.15) is 0 Å². The number of alkyl carbamates (subject to hydrolysis) is 1. The second-order valence-electron chi connectivity index (χ2n) is 5.56. The van der Waals surface area contributed by atoms with E-state index in [9.17, 15) is 4.79 Å². The summed E-state index contributed by atoms with van der Waals surface area (Å²) in [6, 6.07) is 17.0. The van der Waals surface area contributed by atoms with Crippen LogP contribution in [0.15, 0.2) is 60.8 Å². The molecule has 3 aromatic rings. The summed E-state index contributed by atoms with van der Waals surface area (Å²) in [7, 11) is 0. The van der Waals surface area contributed by atoms with E-state index >= 15 is 0 Å². The standard InChI is InChI=1S/C21H17ClN2O2/c22-18-9-10-19-17(11-13-23-20(19)14-18)8-4-5-12-24-21(25)26-15-16-6-2-1-3-7-16/h1-3,6-7,9-11,13-14H,5,12,15H2,(H,24,25). The number of pyridine rings is 1. The summed E-state index contributed by atoms with van der Waals surface area (Å²) in [5.74, 6) is 6.17. The average Bonchev–Trinajstić information content (AvgIpc) is 2.66. The van der Waals surface area contributed by atoms with Gasteiger partial charge in [-0.3, -0.25) is 4.98 Å². The summed E-state index contributed by atoms with van der Waals surface area (Å²) in [6.07, 6.45) is 1.79. The molecule has 4 nitrogen and oxygen atoms in total. The Kier molecular flexibility index (Phi) is 6.08. The first-order chi connectivity index (χ1) is 12.7. The lowest BCUT2D eigenvalue weighted by atomic mass is 10.1. The number of rotatable bonds is 4. The minimum atomic E-state index is -0.445. The molecule has 0 fully saturated rings. The molecule has 3 rings (SSSR count). The molecule has 1 N–H and O–H groups in total. The predicted molar refractivity (Wildman–Crippen MR) is 103 cm³/mol. The van der Waals surface area contributed by atoms with Gasteiger partial charge in [0.25, 0.3) is 0 Å². The molecule has 0 aliphatic rings. The number of halogens is 1. The molecule has 2 aromatic carbocycles. The number of ether oxygens (including phenoxy) is 1. The lowest BCUT2D eigenvalue weighted by Crippen LogP contribution is -2.24. The van der Waals surface area contributed by atoms with Gasteiger partial charge in [-0.15, -0.1) is 0 Å². The number of aromatic nitrogens is 1. The zero-order valence-electron chi connectivity index (χ0n) is 14.0. The van der Waals surface area contributed by atoms with Gasteiger partial charge in [0.1, 0.15) is 6.61 Å². The summed E-state index contributed by atoms with van der Waals surface area (Å²) >= 11 is 5.98. The zero-order chi connectivity index (χ0) is 18.2. The highest BCUT2D eigenvalue weighted by molar-refractivity contribution is 6.31. The topological polar surface area (TPSA) is 51.2 Å². The minimum absolute atomic E-state index is 0.254. The Bertz CT molecular complexity index is 962. The van der Waals surface area contributed by atoms with E-state index in [0.717, 1.165) is 22.0 Å². The van der Waals surface area contributed by atoms with Crippen molar-refractivity contribution in [3.63, 3.8) is 0 Å². The molecule has 0 saturated heterocycles. The van der Waals surface area contributed by atoms with Crippen LogP contribution in [0.4, 0.5) is 4.79 Å². The number of nitrogens with zero attached hydrogens (tertiary/aromatic N) is 1. The average molecular weight is 365 g/mol. The molecule has 26 heavy (non-hydrogen) atoms. The van der Waals surface area contributed by atoms with E-state index in [-0.39, 0.29) is 6.61 Å². The van der Waals surface area contributed by atoms with Crippen molar-refractivity contribution >= 4 is 28.6 Å². The monoisotopic (exact) mass is 364 g/mol. The van der Waals surface area contributed by atoms with Crippen LogP contribution in [0.2, 0.25) is 5.02 Å². The molecule has 0 aliphatic carbocycles. The van der Waals surface area contributed by atoms with Crippen molar-refractivity contribution in [1.29, 1.82) is 0 Å². The van der Waals surface area contributed by atoms with Gasteiger partial charge in [0, 0.05) is 35.1 Å². The first-order valence-electron chi connectivity index (χ1n) is 8.20. The van der Waals surface area contributed by atoms with E-state index in [1.54, 1.807) is 6.20 Å². The largest absolute Gasteiger partial charge is 0.445 e. The Morgan fingerprint density at radius 1 is 1.15 bits per heavy atom. The van der Waals surface area contributed by atoms with Crippen LogP contribution in [0.25, 0.3) is 10.9 Å². The van der Waals surface area contributed by atoms with Crippen LogP contribution >= 0.6 is 11.6 Å². The Morgan fingerprint density at radius 2 is 2.00 bits per heavy atom. The lowest BCUT2D eigenvalue weighted by molar-refractivity contribution is 0.140. The van der Waals surface area contributed by atoms with Crippen molar-refractivity contribution in [2.24, 2.45) is 0 Å². The number of nitrogens with one attached hydrogen (secondary N) is 1. The maximum Gasteiger partial charge on any atom is 0.407 e. The van der Waals surface area contributed by atoms with E-state index in [4.69, 9.17) is 16.3 Å². The fourth-order valence-electron chi connectivity index (χ4n) is 2.39. The normalized spacial score (nSPS) is 10.0. The van der Waals surface area contributed by atoms with E-state index in [1.165, 1.54) is 0 Å². The smallest absolute Gasteiger partial charge is 0.407 e. The summed E-state index contributed by atoms with van der Waals surface area (Å²) < 4.78 is 5.14. The number of benzene rings is 2. The van der Waals surface area contributed by atoms with Gasteiger partial charge >= 0.3 is 6.09 Å². The number of hydrogen-bond acceptors (Lipinski definition) is 3. The Morgan fingerprint density at radius 3 is 2.85 bits per heavy atom. The van der Waals surface area contributed by atoms with Crippen LogP contribution in [0.1, 0.15) is 17.5 Å². The van der Waals surface area contributed by atoms with E-state index < -0.39 is 6.09 Å². The van der Waals surface area contributed by atoms with Gasteiger partial charge < -0.3 is 10.1 Å². The van der Waals surface area contributed by atoms with E-state index in [1.807, 2.05) is 54.6 Å². The van der Waals surface area contributed by atoms with Crippen molar-refractivity contribution in [3.05, 3.63) is 76.9 Å². The highest BCUT2D eigenvalue weighted by atomic mass is 35.5. The third-order valence-corrected chi connectivity index (χ3v) is 3.90. The SMILES string of the molecule is O=C(NCCC#Cc1ccnc2cc(Cl)ccc12)OCc1ccccc1. The maximum absolute atomic E-state index is 11.7. The fourth-order valence-corrected chi connectivity index (χ4v) is 2.56. The van der Waals surface area contributed by atoms with E-state index in [0.29, 0.717) is 18.0 Å². The molecule has 0 bridgehead atoms. The third-order valence-electron chi connectivity index (χ3n) is 3.66. The van der Waals surface area contributed by atoms with Crippen LogP contribution in [-0.2, 0) is 11.3 Å². The first-order valence-corrected chi connectivity index (χ1v) is 8.58. The molecule has 1 heterocycles. The summed E-state index contributed by atoms with van der Waals surface area (Å²) in [6.45, 7) is 0.680. The van der Waals surface area contributed by atoms with Gasteiger partial charge in [0.2, 0.25) is 0 Å². The lowest BCUT2D eigenvalue weighted by Gasteiger charge is -2.05. The van der Waals surface area contributed by atoms with Crippen LogP contribution < -0.4 is 5.32 Å². The Hall–Kier alpha value is -3.03. The highest BCUT2D eigenvalue weighted by Crippen LogP contribution is 2.20. The first kappa shape index (κ1) is 17.8. The summed E-state index contributed by atoms with van der Waals surface area (Å²) in [5, 5.41) is 4.29. The fraction of sp³-hybridized carbons (Fsp3) is 0.143. The van der Waals surface area contributed by atoms with Crippen molar-refractivity contribution in [2.45, 2.75) is 13.0 Å². The van der Waals surface area contributed by atoms with Crippen molar-refractivity contribution in [1.82, 2.24) is 10.3 Å². The molecule has 130 valence electrons. The molecule has 0 radical (unpaired) electrons. The molecule has 0 spiro atoms. The highest BCUT2D eigenvalue weighted by Gasteiger charge is 2.02. The molecule has 0 saturated carbocycles. The van der Waals surface area contributed by atoms with Crippen molar-refractivity contribution in [3.8, 4) is 11.8 Å². The van der Waals surface area contributed by atoms with Gasteiger partial charge in [0.05, 0.1) is 5.52 Å². The molecular formula is C21H17ClN2O2. The molecule has 1 aromatic heterocycles. The van der Waals surface area contributed by atoms with Crippen LogP contribution in [0.5, 0.6) is 0 Å². The van der Waals surface area contributed by atoms with Gasteiger partial charge in [-0.1, -0.05) is 59.8 Å². The second kappa shape index (κ2) is 8.89. The van der Waals surface area contributed by atoms with Crippen molar-refractivity contribution < 1.29 is 9.53 Å². The maximum atomic E-state index is 11.7. The van der Waals surface area contributed by atoms with Crippen molar-refractivity contribution in [2.75, 3.05) is 6.54 Å². The Balaban J connectivity index is 1.48. The predicted octanol–water partition coefficient (Wildman–Crippen LogP) is 4.56. The number of carbonyl (C=O) groups excluding carboxylic acids is 1. The number of fused-ring (bicyclic) bond motifs is 1. The molecule has 0 atom stereocenters. The molecule has 0 unspecified atom stereocenters. The van der Waals surface area contributed by atoms with Crippen LogP contribution in [0.3, 0.4) is 0 Å². The molecule has 5 heteroatoms. The van der Waals surface area contributed by atoms with Gasteiger partial charge in [-0.25, -0.2) is 4.79 Å². The third kappa shape index (κ3) is 4.98. The van der Waals surface area contributed by atoms with Crippen LogP contribution in [0, 0.1) is 11.8 Å². The minimum Gasteiger partial charge on any atom is -0.445 e. The number of amides is 1. The zero-order valence-corrected chi connectivity index (χ0v) is 14.8.